The minimum atomic E-state index is -2.44. The van der Waals surface area contributed by atoms with Crippen LogP contribution in [0.2, 0.25) is 0 Å². The van der Waals surface area contributed by atoms with E-state index in [1.54, 1.807) is 18.2 Å². The molecule has 4 heteroatoms. The van der Waals surface area contributed by atoms with Crippen LogP contribution in [0.5, 0.6) is 5.75 Å². The van der Waals surface area contributed by atoms with Gasteiger partial charge in [-0.15, -0.1) is 0 Å². The predicted octanol–water partition coefficient (Wildman–Crippen LogP) is 3.22. The Labute approximate surface area is 101 Å². The highest BCUT2D eigenvalue weighted by molar-refractivity contribution is 5.28. The lowest BCUT2D eigenvalue weighted by atomic mass is 10.1. The number of hydrogen-bond donors (Lipinski definition) is 1. The van der Waals surface area contributed by atoms with Gasteiger partial charge in [0.05, 0.1) is 0 Å². The Morgan fingerprint density at radius 1 is 1.29 bits per heavy atom. The van der Waals surface area contributed by atoms with Crippen LogP contribution < -0.4 is 10.1 Å². The molecule has 17 heavy (non-hydrogen) atoms. The SMILES string of the molecule is CC(C)(C)NCc1cccc(OCC(F)F)c1. The summed E-state index contributed by atoms with van der Waals surface area (Å²) in [7, 11) is 0. The minimum absolute atomic E-state index is 0.0276. The second-order valence-corrected chi connectivity index (χ2v) is 4.95. The standard InChI is InChI=1S/C13H19F2NO/c1-13(2,3)16-8-10-5-4-6-11(7-10)17-9-12(14)15/h4-7,12,16H,8-9H2,1-3H3. The third kappa shape index (κ3) is 6.22. The molecule has 0 aliphatic rings. The molecule has 0 saturated heterocycles. The van der Waals surface area contributed by atoms with E-state index in [1.807, 2.05) is 6.07 Å². The van der Waals surface area contributed by atoms with E-state index < -0.39 is 13.0 Å². The maximum atomic E-state index is 12.0. The second-order valence-electron chi connectivity index (χ2n) is 4.95. The van der Waals surface area contributed by atoms with Gasteiger partial charge in [0.15, 0.2) is 0 Å². The van der Waals surface area contributed by atoms with Crippen LogP contribution in [0.15, 0.2) is 24.3 Å². The molecule has 0 aromatic heterocycles. The van der Waals surface area contributed by atoms with Crippen LogP contribution in [0.3, 0.4) is 0 Å². The highest BCUT2D eigenvalue weighted by atomic mass is 19.3. The first kappa shape index (κ1) is 13.9. The van der Waals surface area contributed by atoms with Gasteiger partial charge >= 0.3 is 0 Å². The average molecular weight is 243 g/mol. The van der Waals surface area contributed by atoms with Gasteiger partial charge in [-0.25, -0.2) is 8.78 Å². The molecule has 0 atom stereocenters. The molecular weight excluding hydrogens is 224 g/mol. The Morgan fingerprint density at radius 3 is 2.59 bits per heavy atom. The van der Waals surface area contributed by atoms with Crippen molar-refractivity contribution in [1.29, 1.82) is 0 Å². The molecule has 0 radical (unpaired) electrons. The van der Waals surface area contributed by atoms with Crippen molar-refractivity contribution in [3.8, 4) is 5.75 Å². The Kier molecular flexibility index (Phi) is 4.87. The number of hydrogen-bond acceptors (Lipinski definition) is 2. The van der Waals surface area contributed by atoms with Gasteiger partial charge in [-0.3, -0.25) is 0 Å². The molecule has 1 aromatic rings. The molecule has 0 bridgehead atoms. The Hall–Kier alpha value is -1.16. The summed E-state index contributed by atoms with van der Waals surface area (Å²) >= 11 is 0. The van der Waals surface area contributed by atoms with E-state index >= 15 is 0 Å². The average Bonchev–Trinajstić information content (AvgIpc) is 2.23. The van der Waals surface area contributed by atoms with Gasteiger partial charge in [0.25, 0.3) is 6.43 Å². The summed E-state index contributed by atoms with van der Waals surface area (Å²) in [5.41, 5.74) is 1.05. The third-order valence-corrected chi connectivity index (χ3v) is 2.10. The van der Waals surface area contributed by atoms with E-state index in [0.717, 1.165) is 5.56 Å². The van der Waals surface area contributed by atoms with Crippen molar-refractivity contribution >= 4 is 0 Å². The van der Waals surface area contributed by atoms with Gasteiger partial charge in [-0.05, 0) is 38.5 Å². The minimum Gasteiger partial charge on any atom is -0.488 e. The Morgan fingerprint density at radius 2 is 2.00 bits per heavy atom. The topological polar surface area (TPSA) is 21.3 Å². The molecule has 0 amide bonds. The number of nitrogens with one attached hydrogen (secondary N) is 1. The number of halogens is 2. The summed E-state index contributed by atoms with van der Waals surface area (Å²) in [5.74, 6) is 0.485. The van der Waals surface area contributed by atoms with E-state index in [-0.39, 0.29) is 5.54 Å². The van der Waals surface area contributed by atoms with E-state index in [9.17, 15) is 8.78 Å². The molecule has 0 saturated carbocycles. The van der Waals surface area contributed by atoms with Gasteiger partial charge in [-0.1, -0.05) is 12.1 Å². The largest absolute Gasteiger partial charge is 0.488 e. The summed E-state index contributed by atoms with van der Waals surface area (Å²) < 4.78 is 28.9. The first-order chi connectivity index (χ1) is 7.87. The van der Waals surface area contributed by atoms with Crippen molar-refractivity contribution in [2.24, 2.45) is 0 Å². The van der Waals surface area contributed by atoms with Crippen molar-refractivity contribution in [2.75, 3.05) is 6.61 Å². The molecular formula is C13H19F2NO. The predicted molar refractivity (Wildman–Crippen MR) is 64.5 cm³/mol. The molecule has 0 aliphatic carbocycles. The van der Waals surface area contributed by atoms with Crippen molar-refractivity contribution in [2.45, 2.75) is 39.3 Å². The van der Waals surface area contributed by atoms with Crippen molar-refractivity contribution in [3.05, 3.63) is 29.8 Å². The van der Waals surface area contributed by atoms with E-state index in [4.69, 9.17) is 4.74 Å². The molecule has 96 valence electrons. The van der Waals surface area contributed by atoms with Gasteiger partial charge < -0.3 is 10.1 Å². The van der Waals surface area contributed by atoms with Gasteiger partial charge in [0, 0.05) is 12.1 Å². The summed E-state index contributed by atoms with van der Waals surface area (Å²) in [5, 5.41) is 3.33. The monoisotopic (exact) mass is 243 g/mol. The van der Waals surface area contributed by atoms with Gasteiger partial charge in [0.1, 0.15) is 12.4 Å². The molecule has 1 rings (SSSR count). The van der Waals surface area contributed by atoms with Crippen LogP contribution in [0.1, 0.15) is 26.3 Å². The lowest BCUT2D eigenvalue weighted by Crippen LogP contribution is -2.35. The van der Waals surface area contributed by atoms with Crippen LogP contribution in [0.25, 0.3) is 0 Å². The van der Waals surface area contributed by atoms with E-state index in [2.05, 4.69) is 26.1 Å². The van der Waals surface area contributed by atoms with Crippen molar-refractivity contribution in [1.82, 2.24) is 5.32 Å². The maximum Gasteiger partial charge on any atom is 0.272 e. The van der Waals surface area contributed by atoms with Crippen LogP contribution in [0, 0.1) is 0 Å². The maximum absolute atomic E-state index is 12.0. The fraction of sp³-hybridized carbons (Fsp3) is 0.538. The summed E-state index contributed by atoms with van der Waals surface area (Å²) in [6.07, 6.45) is -2.44. The summed E-state index contributed by atoms with van der Waals surface area (Å²) in [6.45, 7) is 6.35. The van der Waals surface area contributed by atoms with Crippen LogP contribution in [0.4, 0.5) is 8.78 Å². The Balaban J connectivity index is 2.54. The normalized spacial score (nSPS) is 11.9. The molecule has 0 fully saturated rings. The smallest absolute Gasteiger partial charge is 0.272 e. The summed E-state index contributed by atoms with van der Waals surface area (Å²) in [6, 6.07) is 7.21. The van der Waals surface area contributed by atoms with Crippen LogP contribution in [-0.4, -0.2) is 18.6 Å². The number of alkyl halides is 2. The third-order valence-electron chi connectivity index (χ3n) is 2.10. The van der Waals surface area contributed by atoms with Gasteiger partial charge in [0.2, 0.25) is 0 Å². The molecule has 1 N–H and O–H groups in total. The van der Waals surface area contributed by atoms with Crippen molar-refractivity contribution < 1.29 is 13.5 Å². The zero-order valence-corrected chi connectivity index (χ0v) is 10.5. The van der Waals surface area contributed by atoms with Crippen LogP contribution in [-0.2, 0) is 6.54 Å². The van der Waals surface area contributed by atoms with Crippen molar-refractivity contribution in [3.63, 3.8) is 0 Å². The summed E-state index contributed by atoms with van der Waals surface area (Å²) in [4.78, 5) is 0. The lowest BCUT2D eigenvalue weighted by Gasteiger charge is -2.20. The lowest BCUT2D eigenvalue weighted by molar-refractivity contribution is 0.0818. The Bertz CT molecular complexity index is 348. The zero-order chi connectivity index (χ0) is 12.9. The molecule has 0 spiro atoms. The number of rotatable bonds is 5. The zero-order valence-electron chi connectivity index (χ0n) is 10.5. The molecule has 2 nitrogen and oxygen atoms in total. The number of benzene rings is 1. The molecule has 0 heterocycles. The van der Waals surface area contributed by atoms with E-state index in [0.29, 0.717) is 12.3 Å². The second kappa shape index (κ2) is 5.96. The molecule has 1 aromatic carbocycles. The first-order valence-corrected chi connectivity index (χ1v) is 5.62. The quantitative estimate of drug-likeness (QED) is 0.857. The fourth-order valence-electron chi connectivity index (χ4n) is 1.27. The van der Waals surface area contributed by atoms with E-state index in [1.165, 1.54) is 0 Å². The van der Waals surface area contributed by atoms with Gasteiger partial charge in [-0.2, -0.15) is 0 Å². The highest BCUT2D eigenvalue weighted by Gasteiger charge is 2.09. The molecule has 0 unspecified atom stereocenters. The first-order valence-electron chi connectivity index (χ1n) is 5.62. The number of ether oxygens (including phenoxy) is 1. The fourth-order valence-corrected chi connectivity index (χ4v) is 1.27. The highest BCUT2D eigenvalue weighted by Crippen LogP contribution is 2.14. The van der Waals surface area contributed by atoms with Crippen LogP contribution >= 0.6 is 0 Å². The molecule has 0 aliphatic heterocycles.